The number of aromatic nitrogens is 8. The van der Waals surface area contributed by atoms with Gasteiger partial charge in [0.15, 0.2) is 11.6 Å². The predicted octanol–water partition coefficient (Wildman–Crippen LogP) is 8.71. The molecule has 0 radical (unpaired) electrons. The smallest absolute Gasteiger partial charge is 0.181 e. The first-order valence-corrected chi connectivity index (χ1v) is 15.8. The Morgan fingerprint density at radius 1 is 0.354 bits per heavy atom. The molecule has 0 unspecified atom stereocenters. The average Bonchev–Trinajstić information content (AvgIpc) is 3.95. The fourth-order valence-corrected chi connectivity index (χ4v) is 7.04. The highest BCUT2D eigenvalue weighted by atomic mass is 15.2. The summed E-state index contributed by atoms with van der Waals surface area (Å²) in [5, 5.41) is 4.63. The third-order valence-electron chi connectivity index (χ3n) is 9.11. The van der Waals surface area contributed by atoms with E-state index in [0.717, 1.165) is 67.5 Å². The van der Waals surface area contributed by atoms with E-state index in [-0.39, 0.29) is 0 Å². The molecular weight excluding hydrogens is 592 g/mol. The zero-order chi connectivity index (χ0) is 31.6. The molecule has 6 heterocycles. The summed E-state index contributed by atoms with van der Waals surface area (Å²) in [6, 6.07) is 42.0. The Morgan fingerprint density at radius 3 is 1.25 bits per heavy atom. The summed E-state index contributed by atoms with van der Waals surface area (Å²) < 4.78 is 8.65. The highest BCUT2D eigenvalue weighted by molar-refractivity contribution is 6.10. The molecule has 48 heavy (non-hydrogen) atoms. The third-order valence-corrected chi connectivity index (χ3v) is 9.11. The third kappa shape index (κ3) is 3.89. The minimum Gasteiger partial charge on any atom is -0.297 e. The number of para-hydroxylation sites is 2. The summed E-state index contributed by atoms with van der Waals surface area (Å²) >= 11 is 0. The molecule has 0 saturated carbocycles. The van der Waals surface area contributed by atoms with Gasteiger partial charge in [0.1, 0.15) is 11.6 Å². The van der Waals surface area contributed by atoms with E-state index >= 15 is 0 Å². The summed E-state index contributed by atoms with van der Waals surface area (Å²) in [5.74, 6) is 3.29. The predicted molar refractivity (Wildman–Crippen MR) is 190 cm³/mol. The lowest BCUT2D eigenvalue weighted by Crippen LogP contribution is -2.03. The maximum absolute atomic E-state index is 4.82. The molecule has 4 aromatic carbocycles. The standard InChI is InChI=1S/C40H26N8/c1-3-11-33-29(9-1)31-25-27(15-17-35(31)47(33)37-13-5-7-19-41-37)45-23-21-43-39(45)40-44-22-24-46(40)28-16-18-36-32(26-28)30-10-2-4-12-34(30)48(36)38-14-6-8-20-42-38/h1-26H. The molecule has 0 spiro atoms. The van der Waals surface area contributed by atoms with Gasteiger partial charge in [-0.15, -0.1) is 0 Å². The molecule has 226 valence electrons. The van der Waals surface area contributed by atoms with Crippen LogP contribution in [0.15, 0.2) is 159 Å². The Kier molecular flexibility index (Phi) is 5.71. The van der Waals surface area contributed by atoms with Crippen LogP contribution in [0.3, 0.4) is 0 Å². The van der Waals surface area contributed by atoms with Crippen LogP contribution in [0, 0.1) is 0 Å². The van der Waals surface area contributed by atoms with Crippen LogP contribution >= 0.6 is 0 Å². The van der Waals surface area contributed by atoms with Gasteiger partial charge in [-0.25, -0.2) is 19.9 Å². The fourth-order valence-electron chi connectivity index (χ4n) is 7.04. The topological polar surface area (TPSA) is 71.3 Å². The van der Waals surface area contributed by atoms with Gasteiger partial charge in [0, 0.05) is 70.1 Å². The van der Waals surface area contributed by atoms with E-state index in [1.165, 1.54) is 10.8 Å². The highest BCUT2D eigenvalue weighted by Crippen LogP contribution is 2.35. The van der Waals surface area contributed by atoms with Crippen molar-refractivity contribution in [3.8, 4) is 34.7 Å². The van der Waals surface area contributed by atoms with E-state index in [1.54, 1.807) is 0 Å². The van der Waals surface area contributed by atoms with Crippen LogP contribution in [0.4, 0.5) is 0 Å². The van der Waals surface area contributed by atoms with Crippen LogP contribution in [0.5, 0.6) is 0 Å². The molecule has 0 aliphatic carbocycles. The van der Waals surface area contributed by atoms with Gasteiger partial charge in [-0.1, -0.05) is 48.5 Å². The Labute approximate surface area is 274 Å². The normalized spacial score (nSPS) is 11.8. The Hall–Kier alpha value is -6.80. The van der Waals surface area contributed by atoms with Crippen molar-refractivity contribution in [1.82, 2.24) is 38.2 Å². The quantitative estimate of drug-likeness (QED) is 0.193. The maximum atomic E-state index is 4.82. The SMILES string of the molecule is c1ccc(-n2c3ccccc3c3cc(-n4ccnc4-c4nccn4-c4ccc5c(c4)c4ccccc4n5-c4ccccn4)ccc32)nc1. The fraction of sp³-hybridized carbons (Fsp3) is 0. The summed E-state index contributed by atoms with van der Waals surface area (Å²) in [6.07, 6.45) is 11.3. The summed E-state index contributed by atoms with van der Waals surface area (Å²) in [4.78, 5) is 19.0. The van der Waals surface area contributed by atoms with Crippen LogP contribution in [0.1, 0.15) is 0 Å². The molecule has 6 aromatic heterocycles. The van der Waals surface area contributed by atoms with Gasteiger partial charge < -0.3 is 0 Å². The van der Waals surface area contributed by atoms with E-state index < -0.39 is 0 Å². The van der Waals surface area contributed by atoms with Crippen LogP contribution in [-0.4, -0.2) is 38.2 Å². The molecule has 8 nitrogen and oxygen atoms in total. The summed E-state index contributed by atoms with van der Waals surface area (Å²) in [6.45, 7) is 0. The first-order chi connectivity index (χ1) is 23.8. The Balaban J connectivity index is 1.11. The molecule has 10 rings (SSSR count). The first kappa shape index (κ1) is 26.4. The van der Waals surface area contributed by atoms with Crippen LogP contribution in [0.2, 0.25) is 0 Å². The molecule has 0 aliphatic rings. The van der Waals surface area contributed by atoms with Gasteiger partial charge >= 0.3 is 0 Å². The molecule has 0 amide bonds. The highest BCUT2D eigenvalue weighted by Gasteiger charge is 2.19. The first-order valence-electron chi connectivity index (χ1n) is 15.8. The lowest BCUT2D eigenvalue weighted by Gasteiger charge is -2.12. The molecule has 0 fully saturated rings. The van der Waals surface area contributed by atoms with Gasteiger partial charge in [-0.3, -0.25) is 18.3 Å². The van der Waals surface area contributed by atoms with Crippen molar-refractivity contribution in [2.75, 3.05) is 0 Å². The van der Waals surface area contributed by atoms with Crippen molar-refractivity contribution in [2.45, 2.75) is 0 Å². The zero-order valence-electron chi connectivity index (χ0n) is 25.6. The molecule has 0 aliphatic heterocycles. The molecule has 8 heteroatoms. The number of nitrogens with zero attached hydrogens (tertiary/aromatic N) is 8. The van der Waals surface area contributed by atoms with E-state index in [1.807, 2.05) is 73.6 Å². The van der Waals surface area contributed by atoms with Gasteiger partial charge in [0.2, 0.25) is 0 Å². The number of hydrogen-bond acceptors (Lipinski definition) is 4. The lowest BCUT2D eigenvalue weighted by atomic mass is 10.1. The lowest BCUT2D eigenvalue weighted by molar-refractivity contribution is 0.989. The largest absolute Gasteiger partial charge is 0.297 e. The molecule has 10 aromatic rings. The second-order valence-electron chi connectivity index (χ2n) is 11.7. The average molecular weight is 619 g/mol. The number of fused-ring (bicyclic) bond motifs is 6. The maximum Gasteiger partial charge on any atom is 0.181 e. The van der Waals surface area contributed by atoms with Crippen molar-refractivity contribution in [2.24, 2.45) is 0 Å². The van der Waals surface area contributed by atoms with Crippen molar-refractivity contribution >= 4 is 43.6 Å². The van der Waals surface area contributed by atoms with E-state index in [2.05, 4.69) is 113 Å². The van der Waals surface area contributed by atoms with E-state index in [0.29, 0.717) is 0 Å². The van der Waals surface area contributed by atoms with Gasteiger partial charge in [0.25, 0.3) is 0 Å². The summed E-state index contributed by atoms with van der Waals surface area (Å²) in [7, 11) is 0. The monoisotopic (exact) mass is 618 g/mol. The minimum atomic E-state index is 0.754. The molecule has 0 bridgehead atoms. The van der Waals surface area contributed by atoms with Crippen molar-refractivity contribution in [3.63, 3.8) is 0 Å². The summed E-state index contributed by atoms with van der Waals surface area (Å²) in [5.41, 5.74) is 6.43. The number of hydrogen-bond donors (Lipinski definition) is 0. The zero-order valence-corrected chi connectivity index (χ0v) is 25.6. The number of rotatable bonds is 5. The van der Waals surface area contributed by atoms with Gasteiger partial charge in [0.05, 0.1) is 22.1 Å². The number of imidazole rings is 2. The number of pyridine rings is 2. The van der Waals surface area contributed by atoms with Crippen LogP contribution < -0.4 is 0 Å². The number of benzene rings is 4. The second-order valence-corrected chi connectivity index (χ2v) is 11.7. The molecule has 0 N–H and O–H groups in total. The molecular formula is C40H26N8. The Bertz CT molecular complexity index is 2590. The van der Waals surface area contributed by atoms with Crippen LogP contribution in [0.25, 0.3) is 78.3 Å². The van der Waals surface area contributed by atoms with E-state index in [9.17, 15) is 0 Å². The van der Waals surface area contributed by atoms with Gasteiger partial charge in [-0.05, 0) is 72.8 Å². The van der Waals surface area contributed by atoms with Crippen LogP contribution in [-0.2, 0) is 0 Å². The van der Waals surface area contributed by atoms with E-state index in [4.69, 9.17) is 9.97 Å². The Morgan fingerprint density at radius 2 is 0.792 bits per heavy atom. The van der Waals surface area contributed by atoms with Crippen molar-refractivity contribution in [3.05, 3.63) is 159 Å². The second kappa shape index (κ2) is 10.4. The van der Waals surface area contributed by atoms with Gasteiger partial charge in [-0.2, -0.15) is 0 Å². The molecule has 0 saturated heterocycles. The molecule has 0 atom stereocenters. The van der Waals surface area contributed by atoms with Crippen molar-refractivity contribution in [1.29, 1.82) is 0 Å². The minimum absolute atomic E-state index is 0.754. The van der Waals surface area contributed by atoms with Crippen molar-refractivity contribution < 1.29 is 0 Å².